The number of aromatic nitrogens is 6. The summed E-state index contributed by atoms with van der Waals surface area (Å²) in [7, 11) is 0. The molecule has 2 atom stereocenters. The van der Waals surface area contributed by atoms with Gasteiger partial charge in [0.2, 0.25) is 0 Å². The highest BCUT2D eigenvalue weighted by Gasteiger charge is 2.50. The molecule has 0 N–H and O–H groups in total. The van der Waals surface area contributed by atoms with Crippen molar-refractivity contribution in [3.8, 4) is 124 Å². The molecule has 27 rings (SSSR count). The minimum atomic E-state index is -0.0254. The first kappa shape index (κ1) is 90.9. The zero-order valence-electron chi connectivity index (χ0n) is 84.2. The van der Waals surface area contributed by atoms with Crippen LogP contribution in [-0.4, -0.2) is 29.9 Å². The zero-order valence-corrected chi connectivity index (χ0v) is 86.6. The Labute approximate surface area is 861 Å². The molecule has 0 saturated carbocycles. The highest BCUT2D eigenvalue weighted by molar-refractivity contribution is 7.27. The molecule has 0 fully saturated rings. The monoisotopic (exact) mass is 1930 g/mol. The third-order valence-electron chi connectivity index (χ3n) is 34.1. The standard InChI is InChI=1S/2C45H35N3S.C45H41NS/c1-44(2)37-18-12-11-17-33(37)34-27-40-36(26-38(34)45(44,3)4)35-25-32(23-24-39(35)49-40)28-19-21-31(22-20-28)43-47-41(29-13-7-5-8-14-29)46-42(48-43)30-15-9-6-10-16-30;1-44(2)37-18-12-11-17-33(37)34-26-36-35-25-32(23-24-39(35)49-40(36)27-38(34)45(44,3)4)28-19-21-31(22-20-28)43-47-41(29-13-7-5-8-14-29)46-42(48-43)30-15-9-6-10-16-30;1-43(2)36-18-12-10-16-31(36)32-22-20-29(26-39(32)43)46(28-14-8-7-9-15-28)30-21-23-33-34-24-25-38-41(42(34)47-40(33)27-30)35-17-11-13-19-37(35)44(3,4)45(38,5)6/h2*5-27H,1-4H3;7-27,31,36H,1-6H3. The van der Waals surface area contributed by atoms with Crippen molar-refractivity contribution in [1.29, 1.82) is 0 Å². The number of para-hydroxylation sites is 1. The van der Waals surface area contributed by atoms with Crippen LogP contribution in [0.4, 0.5) is 17.1 Å². The predicted molar refractivity (Wildman–Crippen MR) is 615 cm³/mol. The van der Waals surface area contributed by atoms with Crippen molar-refractivity contribution in [1.82, 2.24) is 29.9 Å². The number of nitrogens with zero attached hydrogens (tertiary/aromatic N) is 7. The molecule has 704 valence electrons. The van der Waals surface area contributed by atoms with E-state index in [0.29, 0.717) is 46.8 Å². The van der Waals surface area contributed by atoms with Gasteiger partial charge in [0, 0.05) is 122 Å². The van der Waals surface area contributed by atoms with Crippen molar-refractivity contribution in [2.75, 3.05) is 4.90 Å². The van der Waals surface area contributed by atoms with E-state index in [1.54, 1.807) is 0 Å². The fourth-order valence-corrected chi connectivity index (χ4v) is 27.4. The molecule has 0 spiro atoms. The van der Waals surface area contributed by atoms with E-state index in [4.69, 9.17) is 29.9 Å². The van der Waals surface area contributed by atoms with Gasteiger partial charge in [-0.15, -0.1) is 34.0 Å². The second-order valence-corrected chi connectivity index (χ2v) is 46.9. The Bertz CT molecular complexity index is 8890. The van der Waals surface area contributed by atoms with E-state index in [0.717, 1.165) is 38.9 Å². The summed E-state index contributed by atoms with van der Waals surface area (Å²) in [6.07, 6.45) is 9.24. The summed E-state index contributed by atoms with van der Waals surface area (Å²) in [6.45, 7) is 33.7. The van der Waals surface area contributed by atoms with E-state index in [1.165, 1.54) is 172 Å². The highest BCUT2D eigenvalue weighted by Crippen LogP contribution is 2.62. The van der Waals surface area contributed by atoms with Gasteiger partial charge in [-0.3, -0.25) is 0 Å². The highest BCUT2D eigenvalue weighted by atomic mass is 32.1. The fourth-order valence-electron chi connectivity index (χ4n) is 23.9. The lowest BCUT2D eigenvalue weighted by Gasteiger charge is -2.48. The molecule has 0 aliphatic heterocycles. The number of hydrogen-bond acceptors (Lipinski definition) is 10. The lowest BCUT2D eigenvalue weighted by molar-refractivity contribution is 0.299. The van der Waals surface area contributed by atoms with E-state index in [-0.39, 0.29) is 37.9 Å². The van der Waals surface area contributed by atoms with Gasteiger partial charge in [-0.2, -0.15) is 0 Å². The molecule has 0 bridgehead atoms. The van der Waals surface area contributed by atoms with Gasteiger partial charge in [-0.25, -0.2) is 29.9 Å². The summed E-state index contributed by atoms with van der Waals surface area (Å²) < 4.78 is 8.05. The normalized spacial score (nSPS) is 16.5. The summed E-state index contributed by atoms with van der Waals surface area (Å²) in [5.41, 5.74) is 34.0. The van der Waals surface area contributed by atoms with Gasteiger partial charge in [0.05, 0.1) is 0 Å². The first-order valence-corrected chi connectivity index (χ1v) is 53.2. The maximum absolute atomic E-state index is 4.92. The number of allylic oxidation sites excluding steroid dienone is 4. The third-order valence-corrected chi connectivity index (χ3v) is 37.6. The van der Waals surface area contributed by atoms with Crippen LogP contribution in [0, 0.1) is 5.92 Å². The quantitative estimate of drug-likeness (QED) is 0.128. The van der Waals surface area contributed by atoms with E-state index in [2.05, 4.69) is 387 Å². The van der Waals surface area contributed by atoms with Crippen LogP contribution < -0.4 is 4.90 Å². The van der Waals surface area contributed by atoms with Gasteiger partial charge < -0.3 is 4.90 Å². The lowest BCUT2D eigenvalue weighted by Crippen LogP contribution is -2.43. The SMILES string of the molecule is CC1(C)c2cc(N(c3ccccc3)c3ccc4c(c3)sc3c5c(ccc34)C(C)(C)C(C)(C)c3ccccc3-5)ccc2C2C=CC=CC21.CC1(C)c2ccccc2-c2cc3c(cc2C1(C)C)sc1ccc(-c2ccc(-c4nc(-c5ccccc5)nc(-c5ccccc5)n4)cc2)cc13.CC1(C)c2ccccc2-c2cc3sc4ccc(-c5ccc(-c6nc(-c7ccccc7)nc(-c7ccccc7)n6)cc5)cc4c3cc2C1(C)C. The van der Waals surface area contributed by atoms with Crippen molar-refractivity contribution in [2.24, 2.45) is 5.92 Å². The van der Waals surface area contributed by atoms with E-state index >= 15 is 0 Å². The molecule has 0 amide bonds. The number of hydrogen-bond donors (Lipinski definition) is 0. The van der Waals surface area contributed by atoms with Crippen molar-refractivity contribution >= 4 is 112 Å². The number of benzene rings is 17. The largest absolute Gasteiger partial charge is 0.310 e. The van der Waals surface area contributed by atoms with E-state index in [9.17, 15) is 0 Å². The second kappa shape index (κ2) is 34.5. The average Bonchev–Trinajstić information content (AvgIpc) is 1.64. The van der Waals surface area contributed by atoms with Crippen LogP contribution in [0.5, 0.6) is 0 Å². The molecule has 5 aliphatic rings. The van der Waals surface area contributed by atoms with Gasteiger partial charge >= 0.3 is 0 Å². The minimum Gasteiger partial charge on any atom is -0.310 e. The van der Waals surface area contributed by atoms with Crippen molar-refractivity contribution in [3.63, 3.8) is 0 Å². The molecule has 145 heavy (non-hydrogen) atoms. The van der Waals surface area contributed by atoms with Crippen LogP contribution in [0.15, 0.2) is 406 Å². The molecule has 2 unspecified atom stereocenters. The number of fused-ring (bicyclic) bond motifs is 22. The summed E-state index contributed by atoms with van der Waals surface area (Å²) in [5, 5.41) is 7.98. The van der Waals surface area contributed by atoms with Gasteiger partial charge in [0.1, 0.15) is 0 Å². The van der Waals surface area contributed by atoms with E-state index < -0.39 is 0 Å². The molecular formula is C135H111N7S3. The molecule has 0 saturated heterocycles. The van der Waals surface area contributed by atoms with Crippen LogP contribution in [0.2, 0.25) is 0 Å². The second-order valence-electron chi connectivity index (χ2n) is 43.7. The molecule has 22 aromatic rings. The van der Waals surface area contributed by atoms with Crippen molar-refractivity contribution in [2.45, 2.75) is 141 Å². The molecule has 7 nitrogen and oxygen atoms in total. The Morgan fingerprint density at radius 3 is 1.06 bits per heavy atom. The zero-order chi connectivity index (χ0) is 99.0. The Balaban J connectivity index is 0.000000114. The summed E-state index contributed by atoms with van der Waals surface area (Å²) in [4.78, 5) is 31.8. The summed E-state index contributed by atoms with van der Waals surface area (Å²) in [5.74, 6) is 4.93. The predicted octanol–water partition coefficient (Wildman–Crippen LogP) is 37.2. The third kappa shape index (κ3) is 14.9. The maximum atomic E-state index is 4.92. The van der Waals surface area contributed by atoms with Gasteiger partial charge in [-0.1, -0.05) is 418 Å². The number of thiophene rings is 3. The van der Waals surface area contributed by atoms with Gasteiger partial charge in [0.25, 0.3) is 0 Å². The topological polar surface area (TPSA) is 80.6 Å². The van der Waals surface area contributed by atoms with E-state index in [1.807, 2.05) is 155 Å². The lowest BCUT2D eigenvalue weighted by atomic mass is 9.55. The molecular weight excluding hydrogens is 1820 g/mol. The molecule has 5 heterocycles. The number of anilines is 3. The summed E-state index contributed by atoms with van der Waals surface area (Å²) in [6, 6.07) is 138. The Hall–Kier alpha value is -15.3. The van der Waals surface area contributed by atoms with Crippen molar-refractivity contribution in [3.05, 3.63) is 451 Å². The average molecular weight is 1930 g/mol. The first-order chi connectivity index (χ1) is 70.1. The molecule has 10 heteroatoms. The maximum Gasteiger partial charge on any atom is 0.164 e. The van der Waals surface area contributed by atoms with Gasteiger partial charge in [0.15, 0.2) is 34.9 Å². The van der Waals surface area contributed by atoms with Crippen LogP contribution in [-0.2, 0) is 37.9 Å². The van der Waals surface area contributed by atoms with Gasteiger partial charge in [-0.05, 0) is 223 Å². The van der Waals surface area contributed by atoms with Crippen LogP contribution in [0.1, 0.15) is 147 Å². The van der Waals surface area contributed by atoms with Crippen LogP contribution in [0.3, 0.4) is 0 Å². The molecule has 5 aromatic heterocycles. The molecule has 17 aromatic carbocycles. The first-order valence-electron chi connectivity index (χ1n) is 50.8. The number of rotatable bonds is 11. The summed E-state index contributed by atoms with van der Waals surface area (Å²) >= 11 is 5.74. The Morgan fingerprint density at radius 2 is 0.566 bits per heavy atom. The minimum absolute atomic E-state index is 0.000747. The Morgan fingerprint density at radius 1 is 0.214 bits per heavy atom. The fraction of sp³-hybridized carbons (Fsp3) is 0.170. The molecule has 0 radical (unpaired) electrons. The Kier molecular flexibility index (Phi) is 21.6. The van der Waals surface area contributed by atoms with Crippen LogP contribution in [0.25, 0.3) is 184 Å². The smallest absolute Gasteiger partial charge is 0.164 e. The van der Waals surface area contributed by atoms with Crippen LogP contribution >= 0.6 is 34.0 Å². The van der Waals surface area contributed by atoms with Crippen molar-refractivity contribution < 1.29 is 0 Å². The molecule has 5 aliphatic carbocycles.